The van der Waals surface area contributed by atoms with Crippen LogP contribution in [0, 0.1) is 5.92 Å². The second-order valence-corrected chi connectivity index (χ2v) is 7.82. The Morgan fingerprint density at radius 1 is 1.10 bits per heavy atom. The molecule has 8 heteroatoms. The Hall–Kier alpha value is -2.90. The molecular weight excluding hydrogens is 381 g/mol. The van der Waals surface area contributed by atoms with Gasteiger partial charge in [-0.2, -0.15) is 13.2 Å². The summed E-state index contributed by atoms with van der Waals surface area (Å²) in [6.07, 6.45) is 0.992. The molecule has 1 saturated carbocycles. The van der Waals surface area contributed by atoms with E-state index in [4.69, 9.17) is 0 Å². The average Bonchev–Trinajstić information content (AvgIpc) is 3.37. The summed E-state index contributed by atoms with van der Waals surface area (Å²) in [4.78, 5) is 20.2. The highest BCUT2D eigenvalue weighted by Crippen LogP contribution is 2.34. The molecule has 3 heterocycles. The van der Waals surface area contributed by atoms with Crippen LogP contribution in [-0.2, 0) is 23.8 Å². The van der Waals surface area contributed by atoms with E-state index in [1.165, 1.54) is 18.9 Å². The van der Waals surface area contributed by atoms with E-state index < -0.39 is 11.9 Å². The number of amides is 1. The van der Waals surface area contributed by atoms with Crippen LogP contribution in [0.25, 0.3) is 16.9 Å². The third kappa shape index (κ3) is 3.26. The Labute approximate surface area is 165 Å². The second kappa shape index (κ2) is 6.57. The molecule has 3 aromatic rings. The molecule has 1 aromatic carbocycles. The summed E-state index contributed by atoms with van der Waals surface area (Å²) >= 11 is 0. The minimum absolute atomic E-state index is 0.0868. The van der Waals surface area contributed by atoms with Crippen LogP contribution in [0.5, 0.6) is 0 Å². The fraction of sp³-hybridized carbons (Fsp3) is 0.381. The molecule has 1 aliphatic heterocycles. The van der Waals surface area contributed by atoms with E-state index in [9.17, 15) is 18.0 Å². The number of aromatic nitrogens is 3. The summed E-state index contributed by atoms with van der Waals surface area (Å²) < 4.78 is 41.5. The number of nitrogens with one attached hydrogen (secondary N) is 1. The van der Waals surface area contributed by atoms with Crippen LogP contribution in [0.1, 0.15) is 42.8 Å². The van der Waals surface area contributed by atoms with Crippen LogP contribution in [-0.4, -0.2) is 20.4 Å². The van der Waals surface area contributed by atoms with Gasteiger partial charge in [-0.05, 0) is 41.8 Å². The molecule has 2 aromatic heterocycles. The molecular formula is C21H19F3N4O. The maximum atomic E-state index is 13.3. The zero-order valence-electron chi connectivity index (χ0n) is 15.6. The number of alkyl halides is 3. The van der Waals surface area contributed by atoms with Crippen LogP contribution in [0.4, 0.5) is 18.9 Å². The summed E-state index contributed by atoms with van der Waals surface area (Å²) in [5.74, 6) is 1.11. The molecule has 29 heavy (non-hydrogen) atoms. The number of anilines is 1. The zero-order chi connectivity index (χ0) is 20.2. The Morgan fingerprint density at radius 2 is 1.90 bits per heavy atom. The van der Waals surface area contributed by atoms with Gasteiger partial charge in [-0.25, -0.2) is 9.97 Å². The van der Waals surface area contributed by atoms with Crippen molar-refractivity contribution in [1.82, 2.24) is 14.5 Å². The lowest BCUT2D eigenvalue weighted by molar-refractivity contribution is -0.141. The van der Waals surface area contributed by atoms with E-state index in [-0.39, 0.29) is 18.0 Å². The van der Waals surface area contributed by atoms with Gasteiger partial charge in [0.15, 0.2) is 5.65 Å². The van der Waals surface area contributed by atoms with E-state index in [0.29, 0.717) is 23.5 Å². The van der Waals surface area contributed by atoms with Crippen LogP contribution in [0.2, 0.25) is 0 Å². The molecule has 0 spiro atoms. The molecule has 2 aliphatic rings. The van der Waals surface area contributed by atoms with Crippen LogP contribution in [0.3, 0.4) is 0 Å². The minimum atomic E-state index is -4.52. The van der Waals surface area contributed by atoms with Crippen molar-refractivity contribution < 1.29 is 18.0 Å². The molecule has 1 aliphatic carbocycles. The second-order valence-electron chi connectivity index (χ2n) is 7.82. The fourth-order valence-corrected chi connectivity index (χ4v) is 4.40. The maximum Gasteiger partial charge on any atom is 0.433 e. The van der Waals surface area contributed by atoms with Crippen molar-refractivity contribution in [2.24, 2.45) is 5.92 Å². The smallest absolute Gasteiger partial charge is 0.326 e. The molecule has 5 nitrogen and oxygen atoms in total. The normalized spacial score (nSPS) is 17.1. The third-order valence-electron chi connectivity index (χ3n) is 5.78. The first-order valence-corrected chi connectivity index (χ1v) is 9.77. The molecule has 0 atom stereocenters. The summed E-state index contributed by atoms with van der Waals surface area (Å²) in [5.41, 5.74) is 1.96. The fourth-order valence-electron chi connectivity index (χ4n) is 4.40. The number of nitrogens with zero attached hydrogens (tertiary/aromatic N) is 3. The zero-order valence-corrected chi connectivity index (χ0v) is 15.6. The molecule has 0 saturated heterocycles. The molecule has 0 unspecified atom stereocenters. The van der Waals surface area contributed by atoms with Crippen LogP contribution < -0.4 is 5.32 Å². The van der Waals surface area contributed by atoms with Crippen molar-refractivity contribution in [3.63, 3.8) is 0 Å². The highest BCUT2D eigenvalue weighted by Gasteiger charge is 2.33. The van der Waals surface area contributed by atoms with E-state index >= 15 is 0 Å². The van der Waals surface area contributed by atoms with Gasteiger partial charge in [-0.3, -0.25) is 9.36 Å². The van der Waals surface area contributed by atoms with E-state index in [0.717, 1.165) is 36.0 Å². The monoisotopic (exact) mass is 400 g/mol. The van der Waals surface area contributed by atoms with E-state index in [1.807, 2.05) is 6.07 Å². The van der Waals surface area contributed by atoms with Gasteiger partial charge in [-0.15, -0.1) is 0 Å². The number of imidazole rings is 1. The van der Waals surface area contributed by atoms with Gasteiger partial charge in [0.05, 0.1) is 6.42 Å². The Bertz CT molecular complexity index is 1110. The van der Waals surface area contributed by atoms with Gasteiger partial charge in [0.25, 0.3) is 0 Å². The Kier molecular flexibility index (Phi) is 4.11. The number of hydrogen-bond donors (Lipinski definition) is 1. The number of halogens is 3. The molecule has 1 fully saturated rings. The Balaban J connectivity index is 1.67. The van der Waals surface area contributed by atoms with Crippen molar-refractivity contribution in [3.05, 3.63) is 47.4 Å². The number of benzene rings is 1. The van der Waals surface area contributed by atoms with Gasteiger partial charge in [0.2, 0.25) is 5.91 Å². The maximum absolute atomic E-state index is 13.3. The van der Waals surface area contributed by atoms with Gasteiger partial charge in [0.1, 0.15) is 17.0 Å². The number of carbonyl (C=O) groups is 1. The van der Waals surface area contributed by atoms with Gasteiger partial charge in [-0.1, -0.05) is 25.7 Å². The molecule has 0 bridgehead atoms. The molecule has 150 valence electrons. The van der Waals surface area contributed by atoms with E-state index in [1.54, 1.807) is 16.7 Å². The van der Waals surface area contributed by atoms with Gasteiger partial charge < -0.3 is 5.32 Å². The summed E-state index contributed by atoms with van der Waals surface area (Å²) in [6, 6.07) is 7.79. The summed E-state index contributed by atoms with van der Waals surface area (Å²) in [5, 5.41) is 2.78. The van der Waals surface area contributed by atoms with Crippen molar-refractivity contribution in [2.75, 3.05) is 5.32 Å². The molecule has 5 rings (SSSR count). The third-order valence-corrected chi connectivity index (χ3v) is 5.78. The van der Waals surface area contributed by atoms with Gasteiger partial charge >= 0.3 is 6.18 Å². The first-order chi connectivity index (χ1) is 13.9. The first-order valence-electron chi connectivity index (χ1n) is 9.77. The van der Waals surface area contributed by atoms with Crippen molar-refractivity contribution in [2.45, 2.75) is 44.7 Å². The minimum Gasteiger partial charge on any atom is -0.326 e. The first kappa shape index (κ1) is 18.1. The average molecular weight is 400 g/mol. The Morgan fingerprint density at radius 3 is 2.66 bits per heavy atom. The molecule has 1 amide bonds. The molecule has 0 radical (unpaired) electrons. The highest BCUT2D eigenvalue weighted by atomic mass is 19.4. The van der Waals surface area contributed by atoms with E-state index in [2.05, 4.69) is 15.3 Å². The highest BCUT2D eigenvalue weighted by molar-refractivity contribution is 5.99. The number of hydrogen-bond acceptors (Lipinski definition) is 3. The standard InChI is InChI=1S/C21H19F3N4O/c22-21(23,24)17-8-7-16-20(27-17)28(18(25-16)9-12-3-1-2-4-12)14-5-6-15-13(10-14)11-19(29)26-15/h5-8,10,12H,1-4,9,11H2,(H,26,29). The quantitative estimate of drug-likeness (QED) is 0.695. The van der Waals surface area contributed by atoms with Gasteiger partial charge in [0, 0.05) is 17.8 Å². The number of carbonyl (C=O) groups excluding carboxylic acids is 1. The summed E-state index contributed by atoms with van der Waals surface area (Å²) in [7, 11) is 0. The van der Waals surface area contributed by atoms with Crippen LogP contribution in [0.15, 0.2) is 30.3 Å². The van der Waals surface area contributed by atoms with Crippen LogP contribution >= 0.6 is 0 Å². The largest absolute Gasteiger partial charge is 0.433 e. The molecule has 1 N–H and O–H groups in total. The predicted molar refractivity (Wildman–Crippen MR) is 102 cm³/mol. The lowest BCUT2D eigenvalue weighted by Gasteiger charge is -2.13. The number of rotatable bonds is 3. The van der Waals surface area contributed by atoms with Crippen molar-refractivity contribution in [3.8, 4) is 5.69 Å². The summed E-state index contributed by atoms with van der Waals surface area (Å²) in [6.45, 7) is 0. The SMILES string of the molecule is O=C1Cc2cc(-n3c(CC4CCCC4)nc4ccc(C(F)(F)F)nc43)ccc2N1. The number of pyridine rings is 1. The number of fused-ring (bicyclic) bond motifs is 2. The lowest BCUT2D eigenvalue weighted by atomic mass is 10.0. The predicted octanol–water partition coefficient (Wildman–Crippen LogP) is 4.67. The van der Waals surface area contributed by atoms with Crippen molar-refractivity contribution >= 4 is 22.8 Å². The lowest BCUT2D eigenvalue weighted by Crippen LogP contribution is -2.10. The van der Waals surface area contributed by atoms with Crippen molar-refractivity contribution in [1.29, 1.82) is 0 Å². The topological polar surface area (TPSA) is 59.8 Å².